The summed E-state index contributed by atoms with van der Waals surface area (Å²) in [6, 6.07) is 21.9. The highest BCUT2D eigenvalue weighted by atomic mass is 35.5. The molecule has 148 valence electrons. The lowest BCUT2D eigenvalue weighted by Gasteiger charge is -2.08. The van der Waals surface area contributed by atoms with E-state index in [4.69, 9.17) is 32.8 Å². The fraction of sp³-hybridized carbons (Fsp3) is 0.0909. The predicted molar refractivity (Wildman–Crippen MR) is 116 cm³/mol. The lowest BCUT2D eigenvalue weighted by Crippen LogP contribution is -2.16. The highest BCUT2D eigenvalue weighted by Gasteiger charge is 2.04. The van der Waals surface area contributed by atoms with Crippen LogP contribution in [0.15, 0.2) is 78.0 Å². The van der Waals surface area contributed by atoms with E-state index in [-0.39, 0.29) is 12.5 Å². The molecule has 3 aromatic carbocycles. The van der Waals surface area contributed by atoms with Crippen LogP contribution < -0.4 is 10.1 Å². The number of carbonyl (C=O) groups is 1. The zero-order valence-electron chi connectivity index (χ0n) is 15.3. The first-order valence-corrected chi connectivity index (χ1v) is 9.53. The quantitative estimate of drug-likeness (QED) is 0.377. The molecular weight excluding hydrogens is 411 g/mol. The summed E-state index contributed by atoms with van der Waals surface area (Å²) in [5.74, 6) is 0.253. The zero-order valence-corrected chi connectivity index (χ0v) is 16.9. The molecule has 0 aliphatic carbocycles. The highest BCUT2D eigenvalue weighted by Crippen LogP contribution is 2.25. The SMILES string of the molecule is O=C(CO/N=C/c1ccc(OCc2ccccc2)c(Cl)c1)Nc1ccc(Cl)cc1. The van der Waals surface area contributed by atoms with Crippen molar-refractivity contribution < 1.29 is 14.4 Å². The molecule has 0 aromatic heterocycles. The van der Waals surface area contributed by atoms with Crippen molar-refractivity contribution in [2.24, 2.45) is 5.16 Å². The summed E-state index contributed by atoms with van der Waals surface area (Å²) < 4.78 is 5.73. The van der Waals surface area contributed by atoms with Gasteiger partial charge in [0.05, 0.1) is 11.2 Å². The molecule has 5 nitrogen and oxygen atoms in total. The van der Waals surface area contributed by atoms with Crippen molar-refractivity contribution >= 4 is 41.0 Å². The summed E-state index contributed by atoms with van der Waals surface area (Å²) in [7, 11) is 0. The standard InChI is InChI=1S/C22H18Cl2N2O3/c23-18-7-9-19(10-8-18)26-22(27)15-29-25-13-17-6-11-21(20(24)12-17)28-14-16-4-2-1-3-5-16/h1-13H,14-15H2,(H,26,27)/b25-13+. The first kappa shape index (κ1) is 20.7. The van der Waals surface area contributed by atoms with Crippen LogP contribution in [0.5, 0.6) is 5.75 Å². The van der Waals surface area contributed by atoms with Gasteiger partial charge in [-0.3, -0.25) is 4.79 Å². The number of ether oxygens (including phenoxy) is 1. The molecule has 29 heavy (non-hydrogen) atoms. The van der Waals surface area contributed by atoms with Gasteiger partial charge in [0.25, 0.3) is 5.91 Å². The normalized spacial score (nSPS) is 10.7. The molecular formula is C22H18Cl2N2O3. The Morgan fingerprint density at radius 3 is 2.48 bits per heavy atom. The van der Waals surface area contributed by atoms with Gasteiger partial charge in [-0.25, -0.2) is 0 Å². The third-order valence-electron chi connectivity index (χ3n) is 3.79. The van der Waals surface area contributed by atoms with E-state index in [0.717, 1.165) is 11.1 Å². The van der Waals surface area contributed by atoms with Crippen molar-refractivity contribution in [2.45, 2.75) is 6.61 Å². The molecule has 1 amide bonds. The number of halogens is 2. The van der Waals surface area contributed by atoms with Crippen molar-refractivity contribution in [3.05, 3.63) is 94.0 Å². The number of hydrogen-bond acceptors (Lipinski definition) is 4. The lowest BCUT2D eigenvalue weighted by atomic mass is 10.2. The third-order valence-corrected chi connectivity index (χ3v) is 4.34. The van der Waals surface area contributed by atoms with E-state index in [1.54, 1.807) is 42.5 Å². The van der Waals surface area contributed by atoms with Crippen molar-refractivity contribution in [1.82, 2.24) is 0 Å². The van der Waals surface area contributed by atoms with Gasteiger partial charge in [0, 0.05) is 10.7 Å². The fourth-order valence-electron chi connectivity index (χ4n) is 2.37. The molecule has 1 N–H and O–H groups in total. The van der Waals surface area contributed by atoms with Crippen LogP contribution in [0.1, 0.15) is 11.1 Å². The van der Waals surface area contributed by atoms with E-state index >= 15 is 0 Å². The average molecular weight is 429 g/mol. The molecule has 0 aliphatic rings. The van der Waals surface area contributed by atoms with E-state index < -0.39 is 0 Å². The molecule has 0 fully saturated rings. The second kappa shape index (κ2) is 10.5. The molecule has 0 bridgehead atoms. The van der Waals surface area contributed by atoms with Crippen LogP contribution in [0.4, 0.5) is 5.69 Å². The summed E-state index contributed by atoms with van der Waals surface area (Å²) >= 11 is 12.1. The first-order chi connectivity index (χ1) is 14.1. The number of oxime groups is 1. The van der Waals surface area contributed by atoms with Crippen molar-refractivity contribution in [2.75, 3.05) is 11.9 Å². The number of anilines is 1. The minimum absolute atomic E-state index is 0.217. The van der Waals surface area contributed by atoms with Crippen LogP contribution >= 0.6 is 23.2 Å². The Hall–Kier alpha value is -3.02. The summed E-state index contributed by atoms with van der Waals surface area (Å²) in [5, 5.41) is 7.53. The number of carbonyl (C=O) groups excluding carboxylic acids is 1. The maximum atomic E-state index is 11.8. The van der Waals surface area contributed by atoms with E-state index in [9.17, 15) is 4.79 Å². The number of hydrogen-bond donors (Lipinski definition) is 1. The van der Waals surface area contributed by atoms with Crippen LogP contribution in [0.3, 0.4) is 0 Å². The van der Waals surface area contributed by atoms with Gasteiger partial charge in [-0.2, -0.15) is 0 Å². The molecule has 0 saturated heterocycles. The van der Waals surface area contributed by atoms with E-state index in [1.807, 2.05) is 30.3 Å². The van der Waals surface area contributed by atoms with Gasteiger partial charge in [-0.1, -0.05) is 58.7 Å². The second-order valence-electron chi connectivity index (χ2n) is 6.03. The second-order valence-corrected chi connectivity index (χ2v) is 6.87. The Kier molecular flexibility index (Phi) is 7.50. The topological polar surface area (TPSA) is 59.9 Å². The van der Waals surface area contributed by atoms with Gasteiger partial charge in [0.15, 0.2) is 6.61 Å². The predicted octanol–water partition coefficient (Wildman–Crippen LogP) is 5.56. The van der Waals surface area contributed by atoms with Gasteiger partial charge in [0.1, 0.15) is 12.4 Å². The smallest absolute Gasteiger partial charge is 0.265 e. The number of nitrogens with one attached hydrogen (secondary N) is 1. The van der Waals surface area contributed by atoms with Gasteiger partial charge in [0.2, 0.25) is 0 Å². The molecule has 0 saturated carbocycles. The van der Waals surface area contributed by atoms with Crippen LogP contribution in [-0.4, -0.2) is 18.7 Å². The Morgan fingerprint density at radius 1 is 1.00 bits per heavy atom. The average Bonchev–Trinajstić information content (AvgIpc) is 2.73. The summed E-state index contributed by atoms with van der Waals surface area (Å²) in [6.07, 6.45) is 1.47. The molecule has 0 aliphatic heterocycles. The van der Waals surface area contributed by atoms with Crippen LogP contribution in [0.2, 0.25) is 10.0 Å². The minimum Gasteiger partial charge on any atom is -0.487 e. The van der Waals surface area contributed by atoms with Crippen LogP contribution in [0.25, 0.3) is 0 Å². The summed E-state index contributed by atoms with van der Waals surface area (Å²) in [6.45, 7) is 0.213. The largest absolute Gasteiger partial charge is 0.487 e. The fourth-order valence-corrected chi connectivity index (χ4v) is 2.74. The molecule has 7 heteroatoms. The number of benzene rings is 3. The maximum Gasteiger partial charge on any atom is 0.265 e. The monoisotopic (exact) mass is 428 g/mol. The highest BCUT2D eigenvalue weighted by molar-refractivity contribution is 6.32. The number of nitrogens with zero attached hydrogens (tertiary/aromatic N) is 1. The Morgan fingerprint density at radius 2 is 1.76 bits per heavy atom. The van der Waals surface area contributed by atoms with Crippen molar-refractivity contribution in [1.29, 1.82) is 0 Å². The van der Waals surface area contributed by atoms with Crippen LogP contribution in [0, 0.1) is 0 Å². The van der Waals surface area contributed by atoms with Crippen molar-refractivity contribution in [3.8, 4) is 5.75 Å². The van der Waals surface area contributed by atoms with E-state index in [0.29, 0.717) is 28.1 Å². The van der Waals surface area contributed by atoms with Gasteiger partial charge >= 0.3 is 0 Å². The van der Waals surface area contributed by atoms with E-state index in [1.165, 1.54) is 6.21 Å². The third kappa shape index (κ3) is 6.82. The molecule has 0 unspecified atom stereocenters. The maximum absolute atomic E-state index is 11.8. The summed E-state index contributed by atoms with van der Waals surface area (Å²) in [4.78, 5) is 16.8. The number of amides is 1. The van der Waals surface area contributed by atoms with Gasteiger partial charge in [-0.05, 0) is 53.6 Å². The molecule has 0 spiro atoms. The molecule has 3 aromatic rings. The lowest BCUT2D eigenvalue weighted by molar-refractivity contribution is -0.120. The summed E-state index contributed by atoms with van der Waals surface area (Å²) in [5.41, 5.74) is 2.41. The Balaban J connectivity index is 1.46. The number of rotatable bonds is 8. The first-order valence-electron chi connectivity index (χ1n) is 8.77. The van der Waals surface area contributed by atoms with Crippen LogP contribution in [-0.2, 0) is 16.2 Å². The Labute approximate surface area is 178 Å². The van der Waals surface area contributed by atoms with Gasteiger partial charge < -0.3 is 14.9 Å². The molecule has 0 radical (unpaired) electrons. The van der Waals surface area contributed by atoms with Crippen molar-refractivity contribution in [3.63, 3.8) is 0 Å². The minimum atomic E-state index is -0.327. The molecule has 0 heterocycles. The Bertz CT molecular complexity index is 977. The van der Waals surface area contributed by atoms with E-state index in [2.05, 4.69) is 10.5 Å². The molecule has 0 atom stereocenters. The zero-order chi connectivity index (χ0) is 20.5. The van der Waals surface area contributed by atoms with Gasteiger partial charge in [-0.15, -0.1) is 0 Å². The molecule has 3 rings (SSSR count).